The Kier molecular flexibility index (Phi) is 5.09. The molecule has 22 heavy (non-hydrogen) atoms. The van der Waals surface area contributed by atoms with Gasteiger partial charge in [-0.3, -0.25) is 0 Å². The topological polar surface area (TPSA) is 46.5 Å². The van der Waals surface area contributed by atoms with E-state index in [0.717, 1.165) is 22.3 Å². The molecule has 3 nitrogen and oxygen atoms in total. The fourth-order valence-electron chi connectivity index (χ4n) is 2.19. The van der Waals surface area contributed by atoms with E-state index in [1.807, 2.05) is 39.0 Å². The van der Waals surface area contributed by atoms with Crippen molar-refractivity contribution < 1.29 is 14.6 Å². The highest BCUT2D eigenvalue weighted by atomic mass is 35.5. The lowest BCUT2D eigenvalue weighted by Crippen LogP contribution is -2.29. The van der Waals surface area contributed by atoms with Gasteiger partial charge in [0.05, 0.1) is 0 Å². The van der Waals surface area contributed by atoms with Crippen molar-refractivity contribution in [3.63, 3.8) is 0 Å². The van der Waals surface area contributed by atoms with Crippen molar-refractivity contribution in [1.82, 2.24) is 0 Å². The Labute approximate surface area is 135 Å². The van der Waals surface area contributed by atoms with Gasteiger partial charge in [-0.2, -0.15) is 0 Å². The molecule has 0 aliphatic carbocycles. The summed E-state index contributed by atoms with van der Waals surface area (Å²) in [7, 11) is 0. The standard InChI is InChI=1S/C18H19ClO3/c1-11-5-7-16(8-13(11)3)22-17(18(20)21)10-14-9-15(19)6-4-12(14)2/h4-9,17H,10H2,1-3H3,(H,20,21)/t17-/m1/s1. The largest absolute Gasteiger partial charge is 0.478 e. The molecular formula is C18H19ClO3. The second kappa shape index (κ2) is 6.84. The SMILES string of the molecule is Cc1ccc(O[C@H](Cc2cc(Cl)ccc2C)C(=O)O)cc1C. The van der Waals surface area contributed by atoms with Crippen LogP contribution in [-0.4, -0.2) is 17.2 Å². The predicted octanol–water partition coefficient (Wildman–Crippen LogP) is 4.34. The van der Waals surface area contributed by atoms with Crippen LogP contribution in [0.15, 0.2) is 36.4 Å². The summed E-state index contributed by atoms with van der Waals surface area (Å²) in [6, 6.07) is 11.0. The molecule has 0 amide bonds. The molecule has 0 saturated carbocycles. The summed E-state index contributed by atoms with van der Waals surface area (Å²) in [6.45, 7) is 5.91. The van der Waals surface area contributed by atoms with E-state index in [0.29, 0.717) is 10.8 Å². The lowest BCUT2D eigenvalue weighted by atomic mass is 10.0. The van der Waals surface area contributed by atoms with E-state index in [1.165, 1.54) is 0 Å². The lowest BCUT2D eigenvalue weighted by Gasteiger charge is -2.17. The highest BCUT2D eigenvalue weighted by Gasteiger charge is 2.21. The normalized spacial score (nSPS) is 12.0. The van der Waals surface area contributed by atoms with Gasteiger partial charge < -0.3 is 9.84 Å². The summed E-state index contributed by atoms with van der Waals surface area (Å²) in [5, 5.41) is 10.0. The minimum Gasteiger partial charge on any atom is -0.478 e. The van der Waals surface area contributed by atoms with E-state index in [2.05, 4.69) is 0 Å². The van der Waals surface area contributed by atoms with Crippen molar-refractivity contribution >= 4 is 17.6 Å². The first-order valence-corrected chi connectivity index (χ1v) is 7.46. The zero-order valence-electron chi connectivity index (χ0n) is 12.9. The molecule has 2 aromatic carbocycles. The van der Waals surface area contributed by atoms with Crippen LogP contribution < -0.4 is 4.74 Å². The van der Waals surface area contributed by atoms with Crippen LogP contribution in [0.1, 0.15) is 22.3 Å². The Hall–Kier alpha value is -2.00. The Morgan fingerprint density at radius 1 is 1.09 bits per heavy atom. The summed E-state index contributed by atoms with van der Waals surface area (Å²) in [5.74, 6) is -0.423. The highest BCUT2D eigenvalue weighted by molar-refractivity contribution is 6.30. The van der Waals surface area contributed by atoms with E-state index in [4.69, 9.17) is 16.3 Å². The fraction of sp³-hybridized carbons (Fsp3) is 0.278. The third kappa shape index (κ3) is 4.01. The number of benzene rings is 2. The van der Waals surface area contributed by atoms with Gasteiger partial charge in [-0.1, -0.05) is 23.7 Å². The summed E-state index contributed by atoms with van der Waals surface area (Å²) in [5.41, 5.74) is 4.09. The number of carbonyl (C=O) groups is 1. The maximum absolute atomic E-state index is 11.5. The lowest BCUT2D eigenvalue weighted by molar-refractivity contribution is -0.145. The van der Waals surface area contributed by atoms with Crippen LogP contribution in [0.3, 0.4) is 0 Å². The Morgan fingerprint density at radius 2 is 1.77 bits per heavy atom. The molecule has 0 heterocycles. The number of carboxylic acids is 1. The molecule has 0 bridgehead atoms. The third-order valence-electron chi connectivity index (χ3n) is 3.75. The molecule has 0 spiro atoms. The number of aliphatic carboxylic acids is 1. The molecule has 0 aliphatic heterocycles. The first-order chi connectivity index (χ1) is 10.4. The summed E-state index contributed by atoms with van der Waals surface area (Å²) < 4.78 is 5.67. The van der Waals surface area contributed by atoms with Crippen molar-refractivity contribution in [2.75, 3.05) is 0 Å². The Morgan fingerprint density at radius 3 is 2.41 bits per heavy atom. The Bertz CT molecular complexity index is 695. The number of rotatable bonds is 5. The Balaban J connectivity index is 2.21. The van der Waals surface area contributed by atoms with Gasteiger partial charge in [-0.25, -0.2) is 4.79 Å². The van der Waals surface area contributed by atoms with Crippen LogP contribution in [0.5, 0.6) is 5.75 Å². The summed E-state index contributed by atoms with van der Waals surface area (Å²) >= 11 is 5.99. The number of halogens is 1. The number of hydrogen-bond donors (Lipinski definition) is 1. The van der Waals surface area contributed by atoms with Crippen LogP contribution in [0.2, 0.25) is 5.02 Å². The van der Waals surface area contributed by atoms with E-state index in [-0.39, 0.29) is 6.42 Å². The molecule has 2 rings (SSSR count). The molecule has 0 fully saturated rings. The number of hydrogen-bond acceptors (Lipinski definition) is 2. The van der Waals surface area contributed by atoms with Crippen molar-refractivity contribution in [3.8, 4) is 5.75 Å². The van der Waals surface area contributed by atoms with Gasteiger partial charge >= 0.3 is 5.97 Å². The monoisotopic (exact) mass is 318 g/mol. The number of carboxylic acid groups (broad SMARTS) is 1. The summed E-state index contributed by atoms with van der Waals surface area (Å²) in [4.78, 5) is 11.5. The molecule has 4 heteroatoms. The van der Waals surface area contributed by atoms with Crippen LogP contribution >= 0.6 is 11.6 Å². The van der Waals surface area contributed by atoms with Crippen LogP contribution in [0.25, 0.3) is 0 Å². The number of aryl methyl sites for hydroxylation is 3. The highest BCUT2D eigenvalue weighted by Crippen LogP contribution is 2.21. The van der Waals surface area contributed by atoms with Crippen LogP contribution in [0, 0.1) is 20.8 Å². The van der Waals surface area contributed by atoms with Gasteiger partial charge in [0.2, 0.25) is 0 Å². The molecule has 0 radical (unpaired) electrons. The van der Waals surface area contributed by atoms with Gasteiger partial charge in [-0.05, 0) is 67.3 Å². The third-order valence-corrected chi connectivity index (χ3v) is 3.98. The maximum Gasteiger partial charge on any atom is 0.345 e. The van der Waals surface area contributed by atoms with E-state index >= 15 is 0 Å². The smallest absolute Gasteiger partial charge is 0.345 e. The zero-order chi connectivity index (χ0) is 16.3. The van der Waals surface area contributed by atoms with Crippen molar-refractivity contribution in [2.24, 2.45) is 0 Å². The van der Waals surface area contributed by atoms with Crippen LogP contribution in [0.4, 0.5) is 0 Å². The quantitative estimate of drug-likeness (QED) is 0.892. The van der Waals surface area contributed by atoms with Crippen molar-refractivity contribution in [1.29, 1.82) is 0 Å². The van der Waals surface area contributed by atoms with Gasteiger partial charge in [0.15, 0.2) is 6.10 Å². The first-order valence-electron chi connectivity index (χ1n) is 7.08. The van der Waals surface area contributed by atoms with Crippen molar-refractivity contribution in [2.45, 2.75) is 33.3 Å². The van der Waals surface area contributed by atoms with Gasteiger partial charge in [0.25, 0.3) is 0 Å². The minimum atomic E-state index is -0.988. The van der Waals surface area contributed by atoms with Crippen LogP contribution in [-0.2, 0) is 11.2 Å². The molecule has 0 aromatic heterocycles. The van der Waals surface area contributed by atoms with Gasteiger partial charge in [-0.15, -0.1) is 0 Å². The molecular weight excluding hydrogens is 300 g/mol. The van der Waals surface area contributed by atoms with Gasteiger partial charge in [0.1, 0.15) is 5.75 Å². The second-order valence-electron chi connectivity index (χ2n) is 5.47. The first kappa shape index (κ1) is 16.4. The van der Waals surface area contributed by atoms with E-state index in [1.54, 1.807) is 18.2 Å². The summed E-state index contributed by atoms with van der Waals surface area (Å²) in [6.07, 6.45) is -0.673. The molecule has 1 N–H and O–H groups in total. The molecule has 2 aromatic rings. The average Bonchev–Trinajstić information content (AvgIpc) is 2.45. The number of ether oxygens (including phenoxy) is 1. The maximum atomic E-state index is 11.5. The van der Waals surface area contributed by atoms with Crippen molar-refractivity contribution in [3.05, 3.63) is 63.7 Å². The zero-order valence-corrected chi connectivity index (χ0v) is 13.6. The molecule has 1 atom stereocenters. The fourth-order valence-corrected chi connectivity index (χ4v) is 2.39. The molecule has 0 unspecified atom stereocenters. The molecule has 0 aliphatic rings. The molecule has 116 valence electrons. The average molecular weight is 319 g/mol. The predicted molar refractivity (Wildman–Crippen MR) is 87.9 cm³/mol. The molecule has 0 saturated heterocycles. The van der Waals surface area contributed by atoms with E-state index < -0.39 is 12.1 Å². The second-order valence-corrected chi connectivity index (χ2v) is 5.90. The van der Waals surface area contributed by atoms with E-state index in [9.17, 15) is 9.90 Å². The minimum absolute atomic E-state index is 0.272. The van der Waals surface area contributed by atoms with Gasteiger partial charge in [0, 0.05) is 11.4 Å².